The molecular formula is C13H19NO. The Morgan fingerprint density at radius 1 is 1.20 bits per heavy atom. The zero-order chi connectivity index (χ0) is 11.5. The summed E-state index contributed by atoms with van der Waals surface area (Å²) >= 11 is 0. The number of hydrogen-bond acceptors (Lipinski definition) is 2. The van der Waals surface area contributed by atoms with E-state index < -0.39 is 0 Å². The first-order valence-corrected chi connectivity index (χ1v) is 5.31. The highest BCUT2D eigenvalue weighted by Gasteiger charge is 2.13. The minimum Gasteiger partial charge on any atom is -0.411 e. The van der Waals surface area contributed by atoms with Crippen molar-refractivity contribution in [1.29, 1.82) is 0 Å². The lowest BCUT2D eigenvalue weighted by Crippen LogP contribution is -2.11. The molecule has 2 heteroatoms. The summed E-state index contributed by atoms with van der Waals surface area (Å²) in [6.45, 7) is 8.53. The largest absolute Gasteiger partial charge is 0.411 e. The van der Waals surface area contributed by atoms with Crippen molar-refractivity contribution < 1.29 is 5.21 Å². The maximum atomic E-state index is 8.80. The highest BCUT2D eigenvalue weighted by molar-refractivity contribution is 5.99. The fourth-order valence-electron chi connectivity index (χ4n) is 1.50. The summed E-state index contributed by atoms with van der Waals surface area (Å²) < 4.78 is 0. The predicted molar refractivity (Wildman–Crippen MR) is 63.8 cm³/mol. The average Bonchev–Trinajstić information content (AvgIpc) is 2.19. The van der Waals surface area contributed by atoms with Gasteiger partial charge < -0.3 is 5.21 Å². The van der Waals surface area contributed by atoms with Crippen LogP contribution in [0, 0.1) is 0 Å². The van der Waals surface area contributed by atoms with Crippen LogP contribution in [0.2, 0.25) is 0 Å². The molecule has 0 radical (unpaired) electrons. The first-order chi connectivity index (χ1) is 6.99. The highest BCUT2D eigenvalue weighted by atomic mass is 16.4. The van der Waals surface area contributed by atoms with Crippen LogP contribution < -0.4 is 0 Å². The third-order valence-corrected chi connectivity index (χ3v) is 2.54. The van der Waals surface area contributed by atoms with E-state index in [1.54, 1.807) is 0 Å². The molecule has 0 saturated carbocycles. The summed E-state index contributed by atoms with van der Waals surface area (Å²) in [7, 11) is 0. The molecule has 1 aromatic rings. The van der Waals surface area contributed by atoms with E-state index in [-0.39, 0.29) is 5.41 Å². The van der Waals surface area contributed by atoms with Crippen LogP contribution in [0.3, 0.4) is 0 Å². The molecule has 1 N–H and O–H groups in total. The van der Waals surface area contributed by atoms with E-state index in [0.29, 0.717) is 0 Å². The molecule has 0 aliphatic carbocycles. The smallest absolute Gasteiger partial charge is 0.0865 e. The molecule has 0 bridgehead atoms. The molecule has 0 aliphatic rings. The SMILES string of the molecule is CCC(=NO)c1ccc(C(C)(C)C)cc1. The molecule has 0 heterocycles. The van der Waals surface area contributed by atoms with Gasteiger partial charge in [0.25, 0.3) is 0 Å². The fraction of sp³-hybridized carbons (Fsp3) is 0.462. The van der Waals surface area contributed by atoms with Crippen LogP contribution in [0.1, 0.15) is 45.2 Å². The number of nitrogens with zero attached hydrogens (tertiary/aromatic N) is 1. The lowest BCUT2D eigenvalue weighted by molar-refractivity contribution is 0.318. The average molecular weight is 205 g/mol. The van der Waals surface area contributed by atoms with Crippen LogP contribution in [0.5, 0.6) is 0 Å². The van der Waals surface area contributed by atoms with E-state index in [2.05, 4.69) is 38.1 Å². The van der Waals surface area contributed by atoms with Gasteiger partial charge in [0.2, 0.25) is 0 Å². The maximum absolute atomic E-state index is 8.80. The van der Waals surface area contributed by atoms with Gasteiger partial charge in [-0.2, -0.15) is 0 Å². The normalized spacial score (nSPS) is 12.9. The van der Waals surface area contributed by atoms with Gasteiger partial charge in [0.15, 0.2) is 0 Å². The Hall–Kier alpha value is -1.31. The van der Waals surface area contributed by atoms with Crippen LogP contribution >= 0.6 is 0 Å². The van der Waals surface area contributed by atoms with Crippen LogP contribution in [-0.2, 0) is 5.41 Å². The lowest BCUT2D eigenvalue weighted by Gasteiger charge is -2.19. The second kappa shape index (κ2) is 4.47. The Balaban J connectivity index is 3.00. The van der Waals surface area contributed by atoms with Crippen molar-refractivity contribution in [3.8, 4) is 0 Å². The van der Waals surface area contributed by atoms with Crippen molar-refractivity contribution in [1.82, 2.24) is 0 Å². The van der Waals surface area contributed by atoms with Gasteiger partial charge >= 0.3 is 0 Å². The van der Waals surface area contributed by atoms with E-state index >= 15 is 0 Å². The summed E-state index contributed by atoms with van der Waals surface area (Å²) in [4.78, 5) is 0. The van der Waals surface area contributed by atoms with Crippen molar-refractivity contribution in [2.24, 2.45) is 5.16 Å². The molecule has 0 unspecified atom stereocenters. The maximum Gasteiger partial charge on any atom is 0.0865 e. The standard InChI is InChI=1S/C13H19NO/c1-5-12(14-15)10-6-8-11(9-7-10)13(2,3)4/h6-9,15H,5H2,1-4H3. The summed E-state index contributed by atoms with van der Waals surface area (Å²) in [6.07, 6.45) is 0.741. The zero-order valence-corrected chi connectivity index (χ0v) is 9.91. The molecule has 15 heavy (non-hydrogen) atoms. The molecule has 0 atom stereocenters. The van der Waals surface area contributed by atoms with Gasteiger partial charge in [-0.25, -0.2) is 0 Å². The van der Waals surface area contributed by atoms with E-state index in [1.165, 1.54) is 5.56 Å². The summed E-state index contributed by atoms with van der Waals surface area (Å²) in [5, 5.41) is 12.1. The Bertz CT molecular complexity index is 344. The van der Waals surface area contributed by atoms with Gasteiger partial charge in [-0.05, 0) is 23.0 Å². The monoisotopic (exact) mass is 205 g/mol. The third-order valence-electron chi connectivity index (χ3n) is 2.54. The van der Waals surface area contributed by atoms with Crippen LogP contribution in [0.4, 0.5) is 0 Å². The highest BCUT2D eigenvalue weighted by Crippen LogP contribution is 2.22. The molecule has 2 nitrogen and oxygen atoms in total. The number of oxime groups is 1. The Morgan fingerprint density at radius 2 is 1.73 bits per heavy atom. The first kappa shape index (κ1) is 11.8. The molecule has 0 aromatic heterocycles. The molecule has 0 amide bonds. The summed E-state index contributed by atoms with van der Waals surface area (Å²) in [6, 6.07) is 8.21. The molecule has 0 aliphatic heterocycles. The zero-order valence-electron chi connectivity index (χ0n) is 9.91. The van der Waals surface area contributed by atoms with Gasteiger partial charge in [-0.3, -0.25) is 0 Å². The second-order valence-electron chi connectivity index (χ2n) is 4.73. The first-order valence-electron chi connectivity index (χ1n) is 5.31. The van der Waals surface area contributed by atoms with Crippen molar-refractivity contribution in [3.63, 3.8) is 0 Å². The minimum absolute atomic E-state index is 0.168. The molecule has 82 valence electrons. The molecule has 0 saturated heterocycles. The van der Waals surface area contributed by atoms with E-state index in [1.807, 2.05) is 19.1 Å². The van der Waals surface area contributed by atoms with Gasteiger partial charge in [0.1, 0.15) is 0 Å². The van der Waals surface area contributed by atoms with Crippen molar-refractivity contribution in [2.75, 3.05) is 0 Å². The third kappa shape index (κ3) is 2.82. The van der Waals surface area contributed by atoms with Gasteiger partial charge in [-0.1, -0.05) is 57.1 Å². The molecule has 1 aromatic carbocycles. The summed E-state index contributed by atoms with van der Waals surface area (Å²) in [5.41, 5.74) is 3.18. The molecule has 0 fully saturated rings. The molecule has 0 spiro atoms. The van der Waals surface area contributed by atoms with Gasteiger partial charge in [-0.15, -0.1) is 0 Å². The Morgan fingerprint density at radius 3 is 2.07 bits per heavy atom. The van der Waals surface area contributed by atoms with Crippen molar-refractivity contribution >= 4 is 5.71 Å². The molecular weight excluding hydrogens is 186 g/mol. The van der Waals surface area contributed by atoms with Crippen molar-refractivity contribution in [3.05, 3.63) is 35.4 Å². The quantitative estimate of drug-likeness (QED) is 0.447. The number of rotatable bonds is 2. The molecule has 1 rings (SSSR count). The Kier molecular flexibility index (Phi) is 3.51. The van der Waals surface area contributed by atoms with Crippen LogP contribution in [-0.4, -0.2) is 10.9 Å². The number of benzene rings is 1. The van der Waals surface area contributed by atoms with Crippen LogP contribution in [0.25, 0.3) is 0 Å². The topological polar surface area (TPSA) is 32.6 Å². The lowest BCUT2D eigenvalue weighted by atomic mass is 9.86. The van der Waals surface area contributed by atoms with Gasteiger partial charge in [0.05, 0.1) is 5.71 Å². The Labute approximate surface area is 91.6 Å². The van der Waals surface area contributed by atoms with E-state index in [0.717, 1.165) is 17.7 Å². The van der Waals surface area contributed by atoms with Crippen molar-refractivity contribution in [2.45, 2.75) is 39.5 Å². The predicted octanol–water partition coefficient (Wildman–Crippen LogP) is 3.57. The minimum atomic E-state index is 0.168. The summed E-state index contributed by atoms with van der Waals surface area (Å²) in [5.74, 6) is 0. The fourth-order valence-corrected chi connectivity index (χ4v) is 1.50. The second-order valence-corrected chi connectivity index (χ2v) is 4.73. The van der Waals surface area contributed by atoms with E-state index in [4.69, 9.17) is 5.21 Å². The van der Waals surface area contributed by atoms with Gasteiger partial charge in [0, 0.05) is 0 Å². The number of hydrogen-bond donors (Lipinski definition) is 1. The van der Waals surface area contributed by atoms with E-state index in [9.17, 15) is 0 Å². The van der Waals surface area contributed by atoms with Crippen LogP contribution in [0.15, 0.2) is 29.4 Å².